The zero-order valence-electron chi connectivity index (χ0n) is 10.6. The summed E-state index contributed by atoms with van der Waals surface area (Å²) in [6.07, 6.45) is 1.94. The molecule has 4 heteroatoms. The number of hydrogen-bond acceptors (Lipinski definition) is 2. The first-order valence-corrected chi connectivity index (χ1v) is 6.08. The Balaban J connectivity index is 2.37. The number of aliphatic carboxylic acids is 1. The molecule has 1 aromatic carbocycles. The van der Waals surface area contributed by atoms with Gasteiger partial charge >= 0.3 is 5.97 Å². The molecule has 98 valence electrons. The van der Waals surface area contributed by atoms with Crippen LogP contribution in [-0.2, 0) is 4.79 Å². The number of carbonyl (C=O) groups is 1. The number of aryl methyl sites for hydroxylation is 1. The van der Waals surface area contributed by atoms with Gasteiger partial charge in [0.05, 0.1) is 13.5 Å². The van der Waals surface area contributed by atoms with Gasteiger partial charge in [0.25, 0.3) is 0 Å². The Kier molecular flexibility index (Phi) is 3.55. The molecular weight excluding hydrogens is 235 g/mol. The number of hydrogen-bond donors (Lipinski definition) is 1. The fourth-order valence-electron chi connectivity index (χ4n) is 2.39. The zero-order valence-corrected chi connectivity index (χ0v) is 10.6. The van der Waals surface area contributed by atoms with Gasteiger partial charge in [-0.3, -0.25) is 4.79 Å². The van der Waals surface area contributed by atoms with Gasteiger partial charge in [0.1, 0.15) is 11.6 Å². The van der Waals surface area contributed by atoms with Crippen LogP contribution in [0.15, 0.2) is 12.1 Å². The van der Waals surface area contributed by atoms with E-state index in [2.05, 4.69) is 0 Å². The van der Waals surface area contributed by atoms with Crippen LogP contribution in [0.25, 0.3) is 0 Å². The number of halogens is 1. The van der Waals surface area contributed by atoms with Crippen LogP contribution in [0.1, 0.15) is 36.3 Å². The average molecular weight is 252 g/mol. The van der Waals surface area contributed by atoms with Crippen molar-refractivity contribution in [1.29, 1.82) is 0 Å². The van der Waals surface area contributed by atoms with E-state index in [9.17, 15) is 9.18 Å². The fraction of sp³-hybridized carbons (Fsp3) is 0.500. The number of ether oxygens (including phenoxy) is 1. The SMILES string of the molecule is COc1cc(C(CC(=O)O)C2CC2)c(F)cc1C. The molecule has 1 atom stereocenters. The van der Waals surface area contributed by atoms with Crippen molar-refractivity contribution in [1.82, 2.24) is 0 Å². The Morgan fingerprint density at radius 2 is 2.22 bits per heavy atom. The van der Waals surface area contributed by atoms with Crippen molar-refractivity contribution in [3.8, 4) is 5.75 Å². The van der Waals surface area contributed by atoms with Gasteiger partial charge in [0, 0.05) is 5.92 Å². The Morgan fingerprint density at radius 1 is 1.56 bits per heavy atom. The molecule has 1 N–H and O–H groups in total. The van der Waals surface area contributed by atoms with E-state index < -0.39 is 5.97 Å². The highest BCUT2D eigenvalue weighted by molar-refractivity contribution is 5.68. The Morgan fingerprint density at radius 3 is 2.72 bits per heavy atom. The van der Waals surface area contributed by atoms with Crippen molar-refractivity contribution in [2.75, 3.05) is 7.11 Å². The second kappa shape index (κ2) is 4.96. The van der Waals surface area contributed by atoms with Crippen LogP contribution in [0.2, 0.25) is 0 Å². The maximum absolute atomic E-state index is 14.0. The number of benzene rings is 1. The Bertz CT molecular complexity index is 466. The number of carboxylic acids is 1. The Labute approximate surface area is 106 Å². The number of methoxy groups -OCH3 is 1. The standard InChI is InChI=1S/C14H17FO3/c1-8-5-12(15)11(6-13(8)18-2)10(7-14(16)17)9-3-4-9/h5-6,9-10H,3-4,7H2,1-2H3,(H,16,17). The van der Waals surface area contributed by atoms with E-state index in [1.165, 1.54) is 13.2 Å². The molecule has 0 aromatic heterocycles. The van der Waals surface area contributed by atoms with E-state index >= 15 is 0 Å². The molecule has 3 nitrogen and oxygen atoms in total. The number of carboxylic acid groups (broad SMARTS) is 1. The highest BCUT2D eigenvalue weighted by atomic mass is 19.1. The molecule has 0 amide bonds. The first-order chi connectivity index (χ1) is 8.52. The molecule has 1 aromatic rings. The molecule has 0 heterocycles. The summed E-state index contributed by atoms with van der Waals surface area (Å²) in [4.78, 5) is 10.9. The van der Waals surface area contributed by atoms with Crippen molar-refractivity contribution in [3.05, 3.63) is 29.1 Å². The predicted molar refractivity (Wildman–Crippen MR) is 65.4 cm³/mol. The van der Waals surface area contributed by atoms with Gasteiger partial charge in [0.2, 0.25) is 0 Å². The minimum atomic E-state index is -0.883. The maximum atomic E-state index is 14.0. The average Bonchev–Trinajstić information content (AvgIpc) is 3.10. The number of rotatable bonds is 5. The Hall–Kier alpha value is -1.58. The van der Waals surface area contributed by atoms with Crippen LogP contribution in [0, 0.1) is 18.7 Å². The van der Waals surface area contributed by atoms with Gasteiger partial charge in [-0.05, 0) is 48.9 Å². The van der Waals surface area contributed by atoms with E-state index in [-0.39, 0.29) is 18.2 Å². The van der Waals surface area contributed by atoms with Crippen molar-refractivity contribution in [3.63, 3.8) is 0 Å². The second-order valence-corrected chi connectivity index (χ2v) is 4.89. The predicted octanol–water partition coefficient (Wildman–Crippen LogP) is 3.11. The van der Waals surface area contributed by atoms with Crippen molar-refractivity contribution in [2.45, 2.75) is 32.1 Å². The molecular formula is C14H17FO3. The van der Waals surface area contributed by atoms with Crippen LogP contribution < -0.4 is 4.74 Å². The van der Waals surface area contributed by atoms with Crippen LogP contribution in [0.3, 0.4) is 0 Å². The first-order valence-electron chi connectivity index (χ1n) is 6.08. The summed E-state index contributed by atoms with van der Waals surface area (Å²) in [5.41, 5.74) is 1.20. The summed E-state index contributed by atoms with van der Waals surface area (Å²) in [6.45, 7) is 1.77. The summed E-state index contributed by atoms with van der Waals surface area (Å²) >= 11 is 0. The van der Waals surface area contributed by atoms with Crippen LogP contribution in [0.4, 0.5) is 4.39 Å². The normalized spacial score (nSPS) is 16.4. The van der Waals surface area contributed by atoms with Crippen molar-refractivity contribution >= 4 is 5.97 Å². The molecule has 0 radical (unpaired) electrons. The van der Waals surface area contributed by atoms with E-state index in [1.54, 1.807) is 13.0 Å². The highest BCUT2D eigenvalue weighted by Crippen LogP contribution is 2.46. The lowest BCUT2D eigenvalue weighted by atomic mass is 9.89. The third kappa shape index (κ3) is 2.63. The lowest BCUT2D eigenvalue weighted by molar-refractivity contribution is -0.137. The summed E-state index contributed by atoms with van der Waals surface area (Å²) in [7, 11) is 1.54. The third-order valence-corrected chi connectivity index (χ3v) is 3.50. The summed E-state index contributed by atoms with van der Waals surface area (Å²) in [5.74, 6) is -0.542. The minimum absolute atomic E-state index is 0.0200. The molecule has 1 aliphatic carbocycles. The lowest BCUT2D eigenvalue weighted by Gasteiger charge is -2.17. The molecule has 0 spiro atoms. The van der Waals surface area contributed by atoms with E-state index in [1.807, 2.05) is 0 Å². The largest absolute Gasteiger partial charge is 0.496 e. The van der Waals surface area contributed by atoms with Crippen molar-refractivity contribution in [2.24, 2.45) is 5.92 Å². The molecule has 1 fully saturated rings. The highest BCUT2D eigenvalue weighted by Gasteiger charge is 2.35. The monoisotopic (exact) mass is 252 g/mol. The van der Waals surface area contributed by atoms with Gasteiger partial charge < -0.3 is 9.84 Å². The smallest absolute Gasteiger partial charge is 0.303 e. The molecule has 0 aliphatic heterocycles. The van der Waals surface area contributed by atoms with Crippen molar-refractivity contribution < 1.29 is 19.0 Å². The van der Waals surface area contributed by atoms with E-state index in [4.69, 9.17) is 9.84 Å². The molecule has 18 heavy (non-hydrogen) atoms. The molecule has 1 aliphatic rings. The molecule has 0 saturated heterocycles. The van der Waals surface area contributed by atoms with Gasteiger partial charge in [0.15, 0.2) is 0 Å². The first kappa shape index (κ1) is 12.9. The molecule has 1 saturated carbocycles. The lowest BCUT2D eigenvalue weighted by Crippen LogP contribution is -2.10. The van der Waals surface area contributed by atoms with Gasteiger partial charge in [-0.15, -0.1) is 0 Å². The van der Waals surface area contributed by atoms with Gasteiger partial charge in [-0.1, -0.05) is 0 Å². The minimum Gasteiger partial charge on any atom is -0.496 e. The second-order valence-electron chi connectivity index (χ2n) is 4.89. The van der Waals surface area contributed by atoms with E-state index in [0.29, 0.717) is 17.2 Å². The van der Waals surface area contributed by atoms with Crippen LogP contribution in [0.5, 0.6) is 5.75 Å². The van der Waals surface area contributed by atoms with Gasteiger partial charge in [-0.2, -0.15) is 0 Å². The molecule has 1 unspecified atom stereocenters. The third-order valence-electron chi connectivity index (χ3n) is 3.50. The zero-order chi connectivity index (χ0) is 13.3. The topological polar surface area (TPSA) is 46.5 Å². The van der Waals surface area contributed by atoms with Crippen LogP contribution >= 0.6 is 0 Å². The summed E-state index contributed by atoms with van der Waals surface area (Å²) in [5, 5.41) is 8.94. The maximum Gasteiger partial charge on any atom is 0.303 e. The summed E-state index contributed by atoms with van der Waals surface area (Å²) in [6, 6.07) is 3.07. The molecule has 2 rings (SSSR count). The molecule has 0 bridgehead atoms. The van der Waals surface area contributed by atoms with E-state index in [0.717, 1.165) is 18.4 Å². The summed E-state index contributed by atoms with van der Waals surface area (Å²) < 4.78 is 19.2. The quantitative estimate of drug-likeness (QED) is 0.875. The fourth-order valence-corrected chi connectivity index (χ4v) is 2.39. The van der Waals surface area contributed by atoms with Crippen LogP contribution in [-0.4, -0.2) is 18.2 Å². The van der Waals surface area contributed by atoms with Gasteiger partial charge in [-0.25, -0.2) is 4.39 Å².